The van der Waals surface area contributed by atoms with Crippen molar-refractivity contribution in [2.24, 2.45) is 4.99 Å². The minimum Gasteiger partial charge on any atom is -0.383 e. The van der Waals surface area contributed by atoms with Gasteiger partial charge in [0.15, 0.2) is 12.0 Å². The number of methoxy groups -OCH3 is 1. The van der Waals surface area contributed by atoms with Gasteiger partial charge in [-0.15, -0.1) is 0 Å². The third-order valence-corrected chi connectivity index (χ3v) is 4.17. The molecule has 0 aromatic heterocycles. The summed E-state index contributed by atoms with van der Waals surface area (Å²) in [5, 5.41) is 5.59. The lowest BCUT2D eigenvalue weighted by atomic mass is 10.1. The van der Waals surface area contributed by atoms with Crippen LogP contribution >= 0.6 is 0 Å². The van der Waals surface area contributed by atoms with Gasteiger partial charge in [-0.05, 0) is 5.56 Å². The van der Waals surface area contributed by atoms with E-state index in [4.69, 9.17) is 4.74 Å². The summed E-state index contributed by atoms with van der Waals surface area (Å²) >= 11 is 0. The molecule has 1 aromatic rings. The fraction of sp³-hybridized carbons (Fsp3) is 0.438. The Labute approximate surface area is 140 Å². The Hall–Kier alpha value is -2.61. The Morgan fingerprint density at radius 3 is 2.71 bits per heavy atom. The molecule has 2 fully saturated rings. The molecule has 2 aliphatic heterocycles. The molecule has 0 aliphatic carbocycles. The van der Waals surface area contributed by atoms with Crippen molar-refractivity contribution in [2.45, 2.75) is 18.8 Å². The van der Waals surface area contributed by atoms with Crippen LogP contribution in [0, 0.1) is 0 Å². The summed E-state index contributed by atoms with van der Waals surface area (Å²) in [7, 11) is 3.27. The fourth-order valence-corrected chi connectivity index (χ4v) is 2.92. The monoisotopic (exact) mass is 331 g/mol. The molecule has 8 nitrogen and oxygen atoms in total. The van der Waals surface area contributed by atoms with Gasteiger partial charge in [-0.1, -0.05) is 30.3 Å². The lowest BCUT2D eigenvalue weighted by Crippen LogP contribution is -2.64. The number of hydrogen-bond donors (Lipinski definition) is 2. The average Bonchev–Trinajstić information content (AvgIpc) is 2.93. The number of benzene rings is 1. The summed E-state index contributed by atoms with van der Waals surface area (Å²) in [6, 6.07) is 8.91. The molecular formula is C16H21N5O3. The van der Waals surface area contributed by atoms with Crippen LogP contribution in [0.1, 0.15) is 5.56 Å². The van der Waals surface area contributed by atoms with Gasteiger partial charge >= 0.3 is 6.03 Å². The number of amides is 3. The Morgan fingerprint density at radius 2 is 2.00 bits per heavy atom. The first-order valence-electron chi connectivity index (χ1n) is 7.80. The smallest absolute Gasteiger partial charge is 0.325 e. The van der Waals surface area contributed by atoms with E-state index >= 15 is 0 Å². The number of likely N-dealkylation sites (N-methyl/N-ethyl adjacent to an activating group) is 1. The molecule has 2 unspecified atom stereocenters. The number of urea groups is 1. The number of rotatable bonds is 5. The van der Waals surface area contributed by atoms with Gasteiger partial charge in [0.05, 0.1) is 13.2 Å². The van der Waals surface area contributed by atoms with Crippen molar-refractivity contribution in [3.63, 3.8) is 0 Å². The zero-order valence-corrected chi connectivity index (χ0v) is 13.7. The minimum absolute atomic E-state index is 0.316. The van der Waals surface area contributed by atoms with Crippen molar-refractivity contribution in [3.05, 3.63) is 35.9 Å². The van der Waals surface area contributed by atoms with E-state index in [1.807, 2.05) is 35.2 Å². The number of aliphatic imine (C=N–C) groups is 1. The van der Waals surface area contributed by atoms with Crippen LogP contribution in [0.5, 0.6) is 0 Å². The van der Waals surface area contributed by atoms with Crippen molar-refractivity contribution < 1.29 is 14.3 Å². The molecule has 128 valence electrons. The minimum atomic E-state index is -0.519. The fourth-order valence-electron chi connectivity index (χ4n) is 2.92. The first kappa shape index (κ1) is 16.3. The zero-order chi connectivity index (χ0) is 17.1. The number of nitrogens with one attached hydrogen (secondary N) is 2. The maximum absolute atomic E-state index is 12.4. The number of ether oxygens (including phenoxy) is 1. The summed E-state index contributed by atoms with van der Waals surface area (Å²) in [6.07, 6.45) is -0.434. The third-order valence-electron chi connectivity index (χ3n) is 4.17. The molecule has 8 heteroatoms. The maximum Gasteiger partial charge on any atom is 0.325 e. The Morgan fingerprint density at radius 1 is 1.25 bits per heavy atom. The Kier molecular flexibility index (Phi) is 4.66. The number of guanidine groups is 1. The van der Waals surface area contributed by atoms with Gasteiger partial charge in [0.25, 0.3) is 5.91 Å². The SMILES string of the molecule is COCCN=C1NC2C(C(=O)NC(=O)N2C)N1Cc1ccccc1. The van der Waals surface area contributed by atoms with Crippen LogP contribution in [0.25, 0.3) is 0 Å². The average molecular weight is 331 g/mol. The van der Waals surface area contributed by atoms with Gasteiger partial charge in [-0.25, -0.2) is 4.79 Å². The molecule has 2 N–H and O–H groups in total. The van der Waals surface area contributed by atoms with E-state index in [1.165, 1.54) is 4.90 Å². The molecule has 3 amide bonds. The van der Waals surface area contributed by atoms with Crippen molar-refractivity contribution in [1.82, 2.24) is 20.4 Å². The second-order valence-corrected chi connectivity index (χ2v) is 5.75. The van der Waals surface area contributed by atoms with E-state index in [0.717, 1.165) is 5.56 Å². The predicted octanol–water partition coefficient (Wildman–Crippen LogP) is -0.0295. The largest absolute Gasteiger partial charge is 0.383 e. The number of nitrogens with zero attached hydrogens (tertiary/aromatic N) is 3. The predicted molar refractivity (Wildman–Crippen MR) is 88.2 cm³/mol. The molecule has 2 atom stereocenters. The number of carbonyl (C=O) groups is 2. The second kappa shape index (κ2) is 6.88. The van der Waals surface area contributed by atoms with Crippen molar-refractivity contribution in [1.29, 1.82) is 0 Å². The van der Waals surface area contributed by atoms with Crippen LogP contribution in [0.15, 0.2) is 35.3 Å². The first-order chi connectivity index (χ1) is 11.6. The number of fused-ring (bicyclic) bond motifs is 1. The van der Waals surface area contributed by atoms with E-state index in [1.54, 1.807) is 14.2 Å². The van der Waals surface area contributed by atoms with E-state index in [2.05, 4.69) is 15.6 Å². The lowest BCUT2D eigenvalue weighted by molar-refractivity contribution is -0.127. The van der Waals surface area contributed by atoms with E-state index < -0.39 is 18.2 Å². The van der Waals surface area contributed by atoms with Crippen molar-refractivity contribution in [3.8, 4) is 0 Å². The molecule has 1 aromatic carbocycles. The quantitative estimate of drug-likeness (QED) is 0.740. The molecule has 0 saturated carbocycles. The van der Waals surface area contributed by atoms with Gasteiger partial charge in [0.1, 0.15) is 6.17 Å². The van der Waals surface area contributed by atoms with Crippen LogP contribution in [0.4, 0.5) is 4.79 Å². The maximum atomic E-state index is 12.4. The molecule has 2 heterocycles. The summed E-state index contributed by atoms with van der Waals surface area (Å²) in [5.74, 6) is 0.283. The summed E-state index contributed by atoms with van der Waals surface area (Å²) in [5.41, 5.74) is 1.06. The molecular weight excluding hydrogens is 310 g/mol. The Balaban J connectivity index is 1.88. The van der Waals surface area contributed by atoms with E-state index in [0.29, 0.717) is 25.7 Å². The van der Waals surface area contributed by atoms with Crippen molar-refractivity contribution >= 4 is 17.9 Å². The summed E-state index contributed by atoms with van der Waals surface area (Å²) in [4.78, 5) is 32.1. The molecule has 0 bridgehead atoms. The number of hydrogen-bond acceptors (Lipinski definition) is 4. The molecule has 0 spiro atoms. The Bertz CT molecular complexity index is 648. The third kappa shape index (κ3) is 3.05. The zero-order valence-electron chi connectivity index (χ0n) is 13.7. The highest BCUT2D eigenvalue weighted by Gasteiger charge is 2.49. The van der Waals surface area contributed by atoms with Gasteiger partial charge in [-0.2, -0.15) is 0 Å². The lowest BCUT2D eigenvalue weighted by Gasteiger charge is -2.35. The molecule has 24 heavy (non-hydrogen) atoms. The second-order valence-electron chi connectivity index (χ2n) is 5.75. The topological polar surface area (TPSA) is 86.3 Å². The van der Waals surface area contributed by atoms with Crippen LogP contribution in [-0.4, -0.2) is 67.2 Å². The first-order valence-corrected chi connectivity index (χ1v) is 7.80. The van der Waals surface area contributed by atoms with Crippen LogP contribution < -0.4 is 10.6 Å². The molecule has 3 rings (SSSR count). The normalized spacial score (nSPS) is 24.8. The summed E-state index contributed by atoms with van der Waals surface area (Å²) in [6.45, 7) is 1.49. The standard InChI is InChI=1S/C16H21N5O3/c1-20-13-12(14(22)19-16(20)23)21(10-11-6-4-3-5-7-11)15(18-13)17-8-9-24-2/h3-7,12-13H,8-10H2,1-2H3,(H,17,18)(H,19,22,23). The highest BCUT2D eigenvalue weighted by molar-refractivity contribution is 6.04. The van der Waals surface area contributed by atoms with Crippen LogP contribution in [0.3, 0.4) is 0 Å². The molecule has 2 aliphatic rings. The van der Waals surface area contributed by atoms with E-state index in [-0.39, 0.29) is 5.91 Å². The van der Waals surface area contributed by atoms with E-state index in [9.17, 15) is 9.59 Å². The van der Waals surface area contributed by atoms with Crippen LogP contribution in [0.2, 0.25) is 0 Å². The van der Waals surface area contributed by atoms with Crippen molar-refractivity contribution in [2.75, 3.05) is 27.3 Å². The number of carbonyl (C=O) groups excluding carboxylic acids is 2. The number of imide groups is 1. The molecule has 2 saturated heterocycles. The highest BCUT2D eigenvalue weighted by Crippen LogP contribution is 2.22. The van der Waals surface area contributed by atoms with Gasteiger partial charge in [-0.3, -0.25) is 15.1 Å². The van der Waals surface area contributed by atoms with Crippen LogP contribution in [-0.2, 0) is 16.1 Å². The van der Waals surface area contributed by atoms with Gasteiger partial charge in [0.2, 0.25) is 0 Å². The van der Waals surface area contributed by atoms with Gasteiger partial charge in [0, 0.05) is 20.7 Å². The highest BCUT2D eigenvalue weighted by atomic mass is 16.5. The molecule has 0 radical (unpaired) electrons. The van der Waals surface area contributed by atoms with Gasteiger partial charge < -0.3 is 19.9 Å². The summed E-state index contributed by atoms with van der Waals surface area (Å²) < 4.78 is 5.04.